The fourth-order valence-electron chi connectivity index (χ4n) is 8.50. The molecular weight excluding hydrogens is 528 g/mol. The van der Waals surface area contributed by atoms with Crippen molar-refractivity contribution >= 4 is 17.6 Å². The van der Waals surface area contributed by atoms with Crippen molar-refractivity contribution < 1.29 is 14.7 Å². The number of rotatable bonds is 6. The number of aromatic hydroxyl groups is 1. The van der Waals surface area contributed by atoms with Crippen LogP contribution in [0, 0.1) is 30.1 Å². The Labute approximate surface area is 246 Å². The van der Waals surface area contributed by atoms with Crippen molar-refractivity contribution in [1.82, 2.24) is 25.4 Å². The second kappa shape index (κ2) is 10.7. The highest BCUT2D eigenvalue weighted by atomic mass is 16.3. The molecule has 1 aliphatic heterocycles. The summed E-state index contributed by atoms with van der Waals surface area (Å²) in [5.41, 5.74) is 3.98. The lowest BCUT2D eigenvalue weighted by molar-refractivity contribution is -0.0503. The van der Waals surface area contributed by atoms with Crippen molar-refractivity contribution in [1.29, 1.82) is 0 Å². The van der Waals surface area contributed by atoms with Crippen molar-refractivity contribution in [3.8, 4) is 16.9 Å². The van der Waals surface area contributed by atoms with Crippen LogP contribution in [0.1, 0.15) is 64.9 Å². The highest BCUT2D eigenvalue weighted by Gasteiger charge is 2.50. The standard InChI is InChI=1S/C33H38N6O3/c1-21-10-25(2-3-28(21)26-14-27(40)19-34-18-26)32(42)39-8-6-38(7-9-39)30-5-4-29(36-37-30)31(41)35-20-33-15-22-11-23(16-33)13-24(12-22)17-33/h2-5,10,14,18-19,22-24,40H,6-9,11-13,15-17,20H2,1H3,(H,35,41). The first kappa shape index (κ1) is 26.9. The van der Waals surface area contributed by atoms with Crippen molar-refractivity contribution in [3.63, 3.8) is 0 Å². The first-order valence-electron chi connectivity index (χ1n) is 15.3. The molecule has 218 valence electrons. The van der Waals surface area contributed by atoms with E-state index in [1.165, 1.54) is 44.7 Å². The smallest absolute Gasteiger partial charge is 0.271 e. The Bertz CT molecular complexity index is 1460. The molecule has 2 amide bonds. The molecule has 2 N–H and O–H groups in total. The number of carbonyl (C=O) groups is 2. The summed E-state index contributed by atoms with van der Waals surface area (Å²) >= 11 is 0. The van der Waals surface area contributed by atoms with Crippen LogP contribution >= 0.6 is 0 Å². The van der Waals surface area contributed by atoms with Gasteiger partial charge in [-0.1, -0.05) is 6.07 Å². The van der Waals surface area contributed by atoms with Gasteiger partial charge in [0.2, 0.25) is 0 Å². The molecule has 2 aromatic heterocycles. The summed E-state index contributed by atoms with van der Waals surface area (Å²) in [4.78, 5) is 34.2. The number of aromatic nitrogens is 3. The van der Waals surface area contributed by atoms with Crippen molar-refractivity contribution in [2.45, 2.75) is 45.4 Å². The number of pyridine rings is 1. The van der Waals surface area contributed by atoms with E-state index in [9.17, 15) is 14.7 Å². The molecule has 4 bridgehead atoms. The van der Waals surface area contributed by atoms with Gasteiger partial charge in [0.25, 0.3) is 11.8 Å². The molecule has 0 radical (unpaired) electrons. The quantitative estimate of drug-likeness (QED) is 0.453. The molecule has 9 nitrogen and oxygen atoms in total. The van der Waals surface area contributed by atoms with Gasteiger partial charge in [-0.05, 0) is 110 Å². The molecule has 5 fully saturated rings. The minimum absolute atomic E-state index is 0.00420. The summed E-state index contributed by atoms with van der Waals surface area (Å²) in [5.74, 6) is 3.28. The molecule has 4 saturated carbocycles. The van der Waals surface area contributed by atoms with Gasteiger partial charge in [-0.25, -0.2) is 0 Å². The zero-order chi connectivity index (χ0) is 28.8. The third-order valence-electron chi connectivity index (χ3n) is 10.1. The van der Waals surface area contributed by atoms with E-state index in [2.05, 4.69) is 25.4 Å². The largest absolute Gasteiger partial charge is 0.506 e. The second-order valence-corrected chi connectivity index (χ2v) is 13.1. The molecule has 42 heavy (non-hydrogen) atoms. The van der Waals surface area contributed by atoms with Crippen molar-refractivity contribution in [3.05, 3.63) is 65.6 Å². The van der Waals surface area contributed by atoms with Gasteiger partial charge in [0.05, 0.1) is 6.20 Å². The topological polar surface area (TPSA) is 112 Å². The van der Waals surface area contributed by atoms with Crippen LogP contribution in [0.5, 0.6) is 5.75 Å². The van der Waals surface area contributed by atoms with E-state index in [-0.39, 0.29) is 17.6 Å². The van der Waals surface area contributed by atoms with Crippen LogP contribution in [0.2, 0.25) is 0 Å². The Kier molecular flexibility index (Phi) is 6.83. The fourth-order valence-corrected chi connectivity index (χ4v) is 8.50. The van der Waals surface area contributed by atoms with Crippen LogP contribution < -0.4 is 10.2 Å². The van der Waals surface area contributed by atoms with Gasteiger partial charge in [0, 0.05) is 50.0 Å². The van der Waals surface area contributed by atoms with Crippen LogP contribution in [0.15, 0.2) is 48.8 Å². The van der Waals surface area contributed by atoms with Crippen LogP contribution in [-0.2, 0) is 0 Å². The molecule has 3 heterocycles. The monoisotopic (exact) mass is 566 g/mol. The van der Waals surface area contributed by atoms with E-state index < -0.39 is 0 Å². The molecule has 0 unspecified atom stereocenters. The highest BCUT2D eigenvalue weighted by molar-refractivity contribution is 5.95. The van der Waals surface area contributed by atoms with Crippen molar-refractivity contribution in [2.24, 2.45) is 23.2 Å². The molecule has 0 atom stereocenters. The Morgan fingerprint density at radius 3 is 2.26 bits per heavy atom. The van der Waals surface area contributed by atoms with Crippen LogP contribution in [-0.4, -0.2) is 69.7 Å². The molecule has 5 aliphatic rings. The number of amides is 2. The maximum Gasteiger partial charge on any atom is 0.271 e. The van der Waals surface area contributed by atoms with Crippen LogP contribution in [0.25, 0.3) is 11.1 Å². The predicted octanol–water partition coefficient (Wildman–Crippen LogP) is 4.46. The predicted molar refractivity (Wildman–Crippen MR) is 159 cm³/mol. The molecular formula is C33H38N6O3. The minimum atomic E-state index is -0.137. The summed E-state index contributed by atoms with van der Waals surface area (Å²) in [6.45, 7) is 5.15. The number of carbonyl (C=O) groups excluding carboxylic acids is 2. The average molecular weight is 567 g/mol. The average Bonchev–Trinajstić information content (AvgIpc) is 2.99. The maximum absolute atomic E-state index is 13.3. The van der Waals surface area contributed by atoms with Gasteiger partial charge >= 0.3 is 0 Å². The summed E-state index contributed by atoms with van der Waals surface area (Å²) < 4.78 is 0. The first-order valence-corrected chi connectivity index (χ1v) is 15.3. The zero-order valence-corrected chi connectivity index (χ0v) is 24.1. The Morgan fingerprint density at radius 2 is 1.64 bits per heavy atom. The fraction of sp³-hybridized carbons (Fsp3) is 0.485. The van der Waals surface area contributed by atoms with Crippen LogP contribution in [0.4, 0.5) is 5.82 Å². The van der Waals surface area contributed by atoms with Crippen molar-refractivity contribution in [2.75, 3.05) is 37.6 Å². The number of hydrogen-bond acceptors (Lipinski definition) is 7. The number of anilines is 1. The van der Waals surface area contributed by atoms with Crippen LogP contribution in [0.3, 0.4) is 0 Å². The lowest BCUT2D eigenvalue weighted by Gasteiger charge is -2.56. The summed E-state index contributed by atoms with van der Waals surface area (Å²) in [7, 11) is 0. The van der Waals surface area contributed by atoms with E-state index >= 15 is 0 Å². The summed E-state index contributed by atoms with van der Waals surface area (Å²) in [6.07, 6.45) is 11.1. The minimum Gasteiger partial charge on any atom is -0.506 e. The van der Waals surface area contributed by atoms with Gasteiger partial charge in [-0.2, -0.15) is 0 Å². The Hall–Kier alpha value is -4.01. The number of hydrogen-bond donors (Lipinski definition) is 2. The van der Waals surface area contributed by atoms with Gasteiger partial charge < -0.3 is 20.2 Å². The SMILES string of the molecule is Cc1cc(C(=O)N2CCN(c3ccc(C(=O)NCC45CC6CC(CC(C6)C4)C5)nn3)CC2)ccc1-c1cncc(O)c1. The van der Waals surface area contributed by atoms with E-state index in [0.29, 0.717) is 42.9 Å². The van der Waals surface area contributed by atoms with E-state index in [0.717, 1.165) is 46.8 Å². The molecule has 1 saturated heterocycles. The molecule has 1 aromatic carbocycles. The van der Waals surface area contributed by atoms with E-state index in [4.69, 9.17) is 0 Å². The molecule has 9 heteroatoms. The van der Waals surface area contributed by atoms with Gasteiger partial charge in [-0.3, -0.25) is 14.6 Å². The first-order chi connectivity index (χ1) is 20.3. The zero-order valence-electron chi connectivity index (χ0n) is 24.1. The number of benzene rings is 1. The van der Waals surface area contributed by atoms with Gasteiger partial charge in [-0.15, -0.1) is 10.2 Å². The lowest BCUT2D eigenvalue weighted by Crippen LogP contribution is -2.51. The van der Waals surface area contributed by atoms with E-state index in [1.807, 2.05) is 36.1 Å². The second-order valence-electron chi connectivity index (χ2n) is 13.1. The third kappa shape index (κ3) is 5.21. The molecule has 3 aromatic rings. The molecule has 0 spiro atoms. The highest BCUT2D eigenvalue weighted by Crippen LogP contribution is 2.59. The summed E-state index contributed by atoms with van der Waals surface area (Å²) in [5, 5.41) is 21.6. The normalized spacial score (nSPS) is 26.4. The van der Waals surface area contributed by atoms with Gasteiger partial charge in [0.1, 0.15) is 5.75 Å². The lowest BCUT2D eigenvalue weighted by atomic mass is 9.49. The third-order valence-corrected chi connectivity index (χ3v) is 10.1. The number of piperazine rings is 1. The van der Waals surface area contributed by atoms with Gasteiger partial charge in [0.15, 0.2) is 11.5 Å². The summed E-state index contributed by atoms with van der Waals surface area (Å²) in [6, 6.07) is 10.9. The molecule has 8 rings (SSSR count). The Balaban J connectivity index is 0.927. The number of nitrogens with one attached hydrogen (secondary N) is 1. The Morgan fingerprint density at radius 1 is 0.929 bits per heavy atom. The maximum atomic E-state index is 13.3. The van der Waals surface area contributed by atoms with E-state index in [1.54, 1.807) is 18.3 Å². The number of nitrogens with zero attached hydrogens (tertiary/aromatic N) is 5. The number of aryl methyl sites for hydroxylation is 1. The molecule has 4 aliphatic carbocycles.